The van der Waals surface area contributed by atoms with E-state index in [0.29, 0.717) is 33.8 Å². The second kappa shape index (κ2) is 12.8. The Kier molecular flexibility index (Phi) is 9.33. The SMILES string of the molecule is COc1ccc(CNS(=O)(=O)c2cc(NC(=O)Cc3ccccc3Cl)ccc2-n2cc(C(F)(F)C(N)=O)cn2)c(OC)c1. The third-order valence-electron chi connectivity index (χ3n) is 6.29. The van der Waals surface area contributed by atoms with Crippen molar-refractivity contribution in [2.24, 2.45) is 5.73 Å². The van der Waals surface area contributed by atoms with Crippen molar-refractivity contribution in [2.45, 2.75) is 23.8 Å². The number of nitrogens with two attached hydrogens (primary N) is 1. The minimum atomic E-state index is -4.39. The van der Waals surface area contributed by atoms with Crippen LogP contribution in [0.1, 0.15) is 16.7 Å². The molecule has 4 aromatic rings. The molecular formula is C28H26ClF2N5O6S. The quantitative estimate of drug-likeness (QED) is 0.214. The lowest BCUT2D eigenvalue weighted by Crippen LogP contribution is -2.32. The highest BCUT2D eigenvalue weighted by Crippen LogP contribution is 2.31. The normalized spacial score (nSPS) is 11.7. The van der Waals surface area contributed by atoms with Crippen LogP contribution in [0.5, 0.6) is 11.5 Å². The summed E-state index contributed by atoms with van der Waals surface area (Å²) in [5.41, 5.74) is 4.96. The van der Waals surface area contributed by atoms with Crippen LogP contribution >= 0.6 is 11.6 Å². The number of ether oxygens (including phenoxy) is 2. The summed E-state index contributed by atoms with van der Waals surface area (Å²) < 4.78 is 69.6. The molecule has 0 aliphatic heterocycles. The number of carbonyl (C=O) groups excluding carboxylic acids is 2. The predicted octanol–water partition coefficient (Wildman–Crippen LogP) is 3.78. The van der Waals surface area contributed by atoms with Crippen molar-refractivity contribution in [1.29, 1.82) is 0 Å². The molecule has 4 N–H and O–H groups in total. The van der Waals surface area contributed by atoms with Crippen molar-refractivity contribution in [2.75, 3.05) is 19.5 Å². The molecule has 15 heteroatoms. The molecule has 4 rings (SSSR count). The molecule has 0 aliphatic carbocycles. The summed E-state index contributed by atoms with van der Waals surface area (Å²) in [6.45, 7) is -0.220. The molecule has 226 valence electrons. The second-order valence-electron chi connectivity index (χ2n) is 9.11. The highest BCUT2D eigenvalue weighted by Gasteiger charge is 2.40. The molecule has 1 aromatic heterocycles. The first kappa shape index (κ1) is 31.4. The van der Waals surface area contributed by atoms with Crippen LogP contribution in [0, 0.1) is 0 Å². The van der Waals surface area contributed by atoms with Crippen LogP contribution in [0.2, 0.25) is 5.02 Å². The van der Waals surface area contributed by atoms with E-state index < -0.39 is 38.2 Å². The van der Waals surface area contributed by atoms with E-state index >= 15 is 0 Å². The summed E-state index contributed by atoms with van der Waals surface area (Å²) in [5.74, 6) is -5.58. The fraction of sp³-hybridized carbons (Fsp3) is 0.179. The number of alkyl halides is 2. The van der Waals surface area contributed by atoms with Gasteiger partial charge in [-0.15, -0.1) is 0 Å². The monoisotopic (exact) mass is 633 g/mol. The molecule has 0 aliphatic rings. The smallest absolute Gasteiger partial charge is 0.352 e. The molecule has 0 saturated heterocycles. The first-order chi connectivity index (χ1) is 20.3. The molecule has 0 atom stereocenters. The van der Waals surface area contributed by atoms with Crippen LogP contribution in [-0.4, -0.2) is 44.2 Å². The zero-order valence-electron chi connectivity index (χ0n) is 22.8. The number of anilines is 1. The van der Waals surface area contributed by atoms with Crippen LogP contribution in [0.15, 0.2) is 78.0 Å². The Bertz CT molecular complexity index is 1780. The van der Waals surface area contributed by atoms with Crippen molar-refractivity contribution in [3.8, 4) is 17.2 Å². The van der Waals surface area contributed by atoms with Gasteiger partial charge in [0.1, 0.15) is 16.4 Å². The molecule has 11 nitrogen and oxygen atoms in total. The minimum Gasteiger partial charge on any atom is -0.497 e. The van der Waals surface area contributed by atoms with E-state index in [9.17, 15) is 26.8 Å². The molecule has 0 saturated carbocycles. The highest BCUT2D eigenvalue weighted by atomic mass is 35.5. The Labute approximate surface area is 250 Å². The predicted molar refractivity (Wildman–Crippen MR) is 154 cm³/mol. The summed E-state index contributed by atoms with van der Waals surface area (Å²) in [7, 11) is -1.51. The number of carbonyl (C=O) groups is 2. The van der Waals surface area contributed by atoms with Crippen LogP contribution in [0.4, 0.5) is 14.5 Å². The minimum absolute atomic E-state index is 0.0935. The van der Waals surface area contributed by atoms with E-state index in [4.69, 9.17) is 26.8 Å². The van der Waals surface area contributed by atoms with Gasteiger partial charge in [0, 0.05) is 35.1 Å². The molecule has 0 spiro atoms. The number of hydrogen-bond acceptors (Lipinski definition) is 7. The van der Waals surface area contributed by atoms with Crippen LogP contribution < -0.4 is 25.2 Å². The molecule has 0 bridgehead atoms. The maximum absolute atomic E-state index is 14.3. The third-order valence-corrected chi connectivity index (χ3v) is 8.09. The lowest BCUT2D eigenvalue weighted by atomic mass is 10.1. The Morgan fingerprint density at radius 1 is 1.05 bits per heavy atom. The average molecular weight is 634 g/mol. The van der Waals surface area contributed by atoms with Crippen LogP contribution in [0.3, 0.4) is 0 Å². The number of aromatic nitrogens is 2. The number of nitrogens with one attached hydrogen (secondary N) is 2. The number of nitrogens with zero attached hydrogens (tertiary/aromatic N) is 2. The van der Waals surface area contributed by atoms with E-state index in [1.807, 2.05) is 0 Å². The van der Waals surface area contributed by atoms with Crippen LogP contribution in [0.25, 0.3) is 5.69 Å². The van der Waals surface area contributed by atoms with Gasteiger partial charge < -0.3 is 20.5 Å². The van der Waals surface area contributed by atoms with Crippen molar-refractivity contribution < 1.29 is 36.3 Å². The molecule has 0 radical (unpaired) electrons. The van der Waals surface area contributed by atoms with Gasteiger partial charge in [-0.3, -0.25) is 9.59 Å². The van der Waals surface area contributed by atoms with E-state index in [-0.39, 0.29) is 24.3 Å². The van der Waals surface area contributed by atoms with Crippen LogP contribution in [-0.2, 0) is 38.5 Å². The van der Waals surface area contributed by atoms with E-state index in [1.165, 1.54) is 26.4 Å². The number of halogens is 3. The molecule has 0 fully saturated rings. The van der Waals surface area contributed by atoms with Crippen molar-refractivity contribution in [3.63, 3.8) is 0 Å². The Morgan fingerprint density at radius 3 is 2.47 bits per heavy atom. The zero-order valence-corrected chi connectivity index (χ0v) is 24.4. The Balaban J connectivity index is 1.70. The van der Waals surface area contributed by atoms with Gasteiger partial charge in [-0.2, -0.15) is 13.9 Å². The largest absolute Gasteiger partial charge is 0.497 e. The van der Waals surface area contributed by atoms with Gasteiger partial charge in [-0.25, -0.2) is 17.8 Å². The zero-order chi connectivity index (χ0) is 31.4. The standard InChI is InChI=1S/C28H26ClF2N5O6S/c1-41-21-9-7-18(24(13-21)42-2)14-34-43(39,40)25-12-20(35-26(37)11-17-5-3-4-6-22(17)29)8-10-23(25)36-16-19(15-33-36)28(30,31)27(32)38/h3-10,12-13,15-16,34H,11,14H2,1-2H3,(H2,32,38)(H,35,37). The Hall–Kier alpha value is -4.53. The van der Waals surface area contributed by atoms with Gasteiger partial charge in [0.25, 0.3) is 5.91 Å². The summed E-state index contributed by atoms with van der Waals surface area (Å²) in [6.07, 6.45) is 1.40. The number of hydrogen-bond donors (Lipinski definition) is 3. The molecule has 43 heavy (non-hydrogen) atoms. The lowest BCUT2D eigenvalue weighted by molar-refractivity contribution is -0.143. The summed E-state index contributed by atoms with van der Waals surface area (Å²) in [6, 6.07) is 15.4. The number of amides is 2. The van der Waals surface area contributed by atoms with E-state index in [1.54, 1.807) is 42.5 Å². The van der Waals surface area contributed by atoms with Gasteiger partial charge in [-0.05, 0) is 35.9 Å². The summed E-state index contributed by atoms with van der Waals surface area (Å²) >= 11 is 6.15. The summed E-state index contributed by atoms with van der Waals surface area (Å²) in [5, 5.41) is 6.84. The van der Waals surface area contributed by atoms with Crippen molar-refractivity contribution in [3.05, 3.63) is 94.8 Å². The fourth-order valence-corrected chi connectivity index (χ4v) is 5.45. The fourth-order valence-electron chi connectivity index (χ4n) is 4.02. The summed E-state index contributed by atoms with van der Waals surface area (Å²) in [4.78, 5) is 23.6. The van der Waals surface area contributed by atoms with Gasteiger partial charge in [0.15, 0.2) is 0 Å². The maximum Gasteiger partial charge on any atom is 0.352 e. The maximum atomic E-state index is 14.3. The number of benzene rings is 3. The number of primary amides is 1. The number of rotatable bonds is 12. The molecule has 1 heterocycles. The van der Waals surface area contributed by atoms with Gasteiger partial charge in [-0.1, -0.05) is 35.9 Å². The number of methoxy groups -OCH3 is 2. The molecule has 3 aromatic carbocycles. The molecule has 2 amide bonds. The van der Waals surface area contributed by atoms with Gasteiger partial charge in [0.2, 0.25) is 15.9 Å². The van der Waals surface area contributed by atoms with Crippen molar-refractivity contribution >= 4 is 39.1 Å². The topological polar surface area (TPSA) is 155 Å². The van der Waals surface area contributed by atoms with Gasteiger partial charge in [0.05, 0.1) is 38.1 Å². The average Bonchev–Trinajstić information content (AvgIpc) is 3.48. The first-order valence-corrected chi connectivity index (χ1v) is 14.3. The van der Waals surface area contributed by atoms with Crippen molar-refractivity contribution in [1.82, 2.24) is 14.5 Å². The van der Waals surface area contributed by atoms with E-state index in [0.717, 1.165) is 16.9 Å². The van der Waals surface area contributed by atoms with Gasteiger partial charge >= 0.3 is 5.92 Å². The van der Waals surface area contributed by atoms with E-state index in [2.05, 4.69) is 15.1 Å². The lowest BCUT2D eigenvalue weighted by Gasteiger charge is -2.16. The number of sulfonamides is 1. The third kappa shape index (κ3) is 7.10. The second-order valence-corrected chi connectivity index (χ2v) is 11.3. The highest BCUT2D eigenvalue weighted by molar-refractivity contribution is 7.89. The molecule has 0 unspecified atom stereocenters. The molecular weight excluding hydrogens is 608 g/mol. The first-order valence-electron chi connectivity index (χ1n) is 12.5. The Morgan fingerprint density at radius 2 is 1.79 bits per heavy atom.